The van der Waals surface area contributed by atoms with Crippen LogP contribution >= 0.6 is 11.6 Å². The maximum absolute atomic E-state index is 12.2. The van der Waals surface area contributed by atoms with Gasteiger partial charge in [0.1, 0.15) is 0 Å². The van der Waals surface area contributed by atoms with Gasteiger partial charge in [-0.15, -0.1) is 11.6 Å². The van der Waals surface area contributed by atoms with Crippen LogP contribution in [0.15, 0.2) is 24.3 Å². The van der Waals surface area contributed by atoms with E-state index in [1.807, 2.05) is 18.2 Å². The molecule has 1 aromatic rings. The SMILES string of the molecule is O=C(NCc1cccc(CCl)c1)C1CC2CCC1C2. The fourth-order valence-corrected chi connectivity index (χ4v) is 3.88. The van der Waals surface area contributed by atoms with Crippen molar-refractivity contribution in [2.45, 2.75) is 38.1 Å². The van der Waals surface area contributed by atoms with Gasteiger partial charge in [-0.3, -0.25) is 4.79 Å². The van der Waals surface area contributed by atoms with Crippen molar-refractivity contribution in [3.05, 3.63) is 35.4 Å². The van der Waals surface area contributed by atoms with Crippen LogP contribution in [0.4, 0.5) is 0 Å². The number of amides is 1. The fourth-order valence-electron chi connectivity index (χ4n) is 3.71. The molecule has 3 heteroatoms. The summed E-state index contributed by atoms with van der Waals surface area (Å²) >= 11 is 5.82. The minimum atomic E-state index is 0.253. The lowest BCUT2D eigenvalue weighted by Gasteiger charge is -2.20. The molecule has 0 saturated heterocycles. The summed E-state index contributed by atoms with van der Waals surface area (Å²) in [7, 11) is 0. The summed E-state index contributed by atoms with van der Waals surface area (Å²) in [6.07, 6.45) is 4.98. The van der Waals surface area contributed by atoms with Gasteiger partial charge in [-0.05, 0) is 42.2 Å². The van der Waals surface area contributed by atoms with Gasteiger partial charge < -0.3 is 5.32 Å². The second kappa shape index (κ2) is 5.54. The zero-order valence-corrected chi connectivity index (χ0v) is 11.8. The van der Waals surface area contributed by atoms with Crippen molar-refractivity contribution in [2.75, 3.05) is 0 Å². The second-order valence-electron chi connectivity index (χ2n) is 5.95. The Bertz CT molecular complexity index is 474. The molecular weight excluding hydrogens is 258 g/mol. The van der Waals surface area contributed by atoms with Crippen LogP contribution in [-0.2, 0) is 17.2 Å². The monoisotopic (exact) mass is 277 g/mol. The molecular formula is C16H20ClNO. The van der Waals surface area contributed by atoms with Gasteiger partial charge >= 0.3 is 0 Å². The van der Waals surface area contributed by atoms with Gasteiger partial charge in [0.25, 0.3) is 0 Å². The first-order valence-electron chi connectivity index (χ1n) is 7.17. The predicted octanol–water partition coefficient (Wildman–Crippen LogP) is 3.48. The number of hydrogen-bond acceptors (Lipinski definition) is 1. The number of benzene rings is 1. The number of hydrogen-bond donors (Lipinski definition) is 1. The van der Waals surface area contributed by atoms with Crippen LogP contribution in [0.2, 0.25) is 0 Å². The minimum Gasteiger partial charge on any atom is -0.352 e. The van der Waals surface area contributed by atoms with Crippen LogP contribution in [0.3, 0.4) is 0 Å². The standard InChI is InChI=1S/C16H20ClNO/c17-9-12-2-1-3-13(6-12)10-18-16(19)15-8-11-4-5-14(15)7-11/h1-3,6,11,14-15H,4-5,7-10H2,(H,18,19). The summed E-state index contributed by atoms with van der Waals surface area (Å²) in [5.41, 5.74) is 2.24. The van der Waals surface area contributed by atoms with E-state index in [1.54, 1.807) is 0 Å². The molecule has 19 heavy (non-hydrogen) atoms. The maximum atomic E-state index is 12.2. The molecule has 1 N–H and O–H groups in total. The summed E-state index contributed by atoms with van der Waals surface area (Å²) in [5, 5.41) is 3.10. The Morgan fingerprint density at radius 3 is 2.79 bits per heavy atom. The lowest BCUT2D eigenvalue weighted by Crippen LogP contribution is -2.33. The molecule has 102 valence electrons. The fraction of sp³-hybridized carbons (Fsp3) is 0.562. The third kappa shape index (κ3) is 2.79. The van der Waals surface area contributed by atoms with E-state index < -0.39 is 0 Å². The number of rotatable bonds is 4. The van der Waals surface area contributed by atoms with E-state index in [0.29, 0.717) is 18.3 Å². The molecule has 3 rings (SSSR count). The maximum Gasteiger partial charge on any atom is 0.223 e. The van der Waals surface area contributed by atoms with Crippen LogP contribution in [0, 0.1) is 17.8 Å². The highest BCUT2D eigenvalue weighted by molar-refractivity contribution is 6.17. The third-order valence-corrected chi connectivity index (χ3v) is 5.00. The van der Waals surface area contributed by atoms with Crippen LogP contribution < -0.4 is 5.32 Å². The lowest BCUT2D eigenvalue weighted by molar-refractivity contribution is -0.126. The molecule has 2 aliphatic rings. The summed E-state index contributed by atoms with van der Waals surface area (Å²) in [5.74, 6) is 2.52. The predicted molar refractivity (Wildman–Crippen MR) is 76.8 cm³/mol. The highest BCUT2D eigenvalue weighted by atomic mass is 35.5. The Balaban J connectivity index is 1.55. The number of fused-ring (bicyclic) bond motifs is 2. The smallest absolute Gasteiger partial charge is 0.223 e. The van der Waals surface area contributed by atoms with E-state index in [1.165, 1.54) is 19.3 Å². The molecule has 1 amide bonds. The molecule has 2 fully saturated rings. The minimum absolute atomic E-state index is 0.253. The zero-order valence-electron chi connectivity index (χ0n) is 11.1. The van der Waals surface area contributed by atoms with Gasteiger partial charge in [-0.2, -0.15) is 0 Å². The molecule has 0 aromatic heterocycles. The van der Waals surface area contributed by atoms with E-state index in [0.717, 1.165) is 23.5 Å². The number of nitrogens with one attached hydrogen (secondary N) is 1. The Labute approximate surface area is 119 Å². The third-order valence-electron chi connectivity index (χ3n) is 4.69. The summed E-state index contributed by atoms with van der Waals surface area (Å²) < 4.78 is 0. The highest BCUT2D eigenvalue weighted by Gasteiger charge is 2.42. The normalized spacial score (nSPS) is 28.6. The lowest BCUT2D eigenvalue weighted by atomic mass is 9.88. The molecule has 3 unspecified atom stereocenters. The van der Waals surface area contributed by atoms with Crippen molar-refractivity contribution in [3.8, 4) is 0 Å². The molecule has 0 aliphatic heterocycles. The van der Waals surface area contributed by atoms with Crippen LogP contribution in [0.5, 0.6) is 0 Å². The molecule has 0 heterocycles. The van der Waals surface area contributed by atoms with Crippen molar-refractivity contribution < 1.29 is 4.79 Å². The van der Waals surface area contributed by atoms with Crippen molar-refractivity contribution in [1.82, 2.24) is 5.32 Å². The first-order chi connectivity index (χ1) is 9.26. The van der Waals surface area contributed by atoms with Gasteiger partial charge in [-0.1, -0.05) is 30.7 Å². The van der Waals surface area contributed by atoms with Crippen molar-refractivity contribution in [3.63, 3.8) is 0 Å². The van der Waals surface area contributed by atoms with Crippen LogP contribution in [-0.4, -0.2) is 5.91 Å². The van der Waals surface area contributed by atoms with Gasteiger partial charge in [0.05, 0.1) is 0 Å². The van der Waals surface area contributed by atoms with E-state index in [9.17, 15) is 4.79 Å². The van der Waals surface area contributed by atoms with E-state index in [4.69, 9.17) is 11.6 Å². The topological polar surface area (TPSA) is 29.1 Å². The van der Waals surface area contributed by atoms with Gasteiger partial charge in [0, 0.05) is 18.3 Å². The van der Waals surface area contributed by atoms with Crippen molar-refractivity contribution >= 4 is 17.5 Å². The molecule has 2 saturated carbocycles. The Hall–Kier alpha value is -1.02. The van der Waals surface area contributed by atoms with Crippen molar-refractivity contribution in [2.24, 2.45) is 17.8 Å². The second-order valence-corrected chi connectivity index (χ2v) is 6.22. The van der Waals surface area contributed by atoms with Gasteiger partial charge in [0.2, 0.25) is 5.91 Å². The zero-order chi connectivity index (χ0) is 13.2. The van der Waals surface area contributed by atoms with E-state index in [-0.39, 0.29) is 11.8 Å². The summed E-state index contributed by atoms with van der Waals surface area (Å²) in [6.45, 7) is 0.622. The Morgan fingerprint density at radius 2 is 2.11 bits per heavy atom. The number of alkyl halides is 1. The first kappa shape index (κ1) is 13.0. The Morgan fingerprint density at radius 1 is 1.26 bits per heavy atom. The number of halogens is 1. The average Bonchev–Trinajstić information content (AvgIpc) is 3.07. The Kier molecular flexibility index (Phi) is 3.79. The molecule has 1 aromatic carbocycles. The van der Waals surface area contributed by atoms with Gasteiger partial charge in [-0.25, -0.2) is 0 Å². The van der Waals surface area contributed by atoms with Crippen molar-refractivity contribution in [1.29, 1.82) is 0 Å². The molecule has 2 aliphatic carbocycles. The van der Waals surface area contributed by atoms with Crippen LogP contribution in [0.25, 0.3) is 0 Å². The highest BCUT2D eigenvalue weighted by Crippen LogP contribution is 2.48. The van der Waals surface area contributed by atoms with E-state index >= 15 is 0 Å². The largest absolute Gasteiger partial charge is 0.352 e. The number of carbonyl (C=O) groups excluding carboxylic acids is 1. The molecule has 3 atom stereocenters. The molecule has 0 radical (unpaired) electrons. The van der Waals surface area contributed by atoms with E-state index in [2.05, 4.69) is 11.4 Å². The molecule has 0 spiro atoms. The first-order valence-corrected chi connectivity index (χ1v) is 7.71. The number of carbonyl (C=O) groups is 1. The summed E-state index contributed by atoms with van der Waals surface area (Å²) in [6, 6.07) is 8.11. The quantitative estimate of drug-likeness (QED) is 0.839. The van der Waals surface area contributed by atoms with Gasteiger partial charge in [0.15, 0.2) is 0 Å². The van der Waals surface area contributed by atoms with Crippen LogP contribution in [0.1, 0.15) is 36.8 Å². The molecule has 2 bridgehead atoms. The average molecular weight is 278 g/mol. The summed E-state index contributed by atoms with van der Waals surface area (Å²) in [4.78, 5) is 12.2. The molecule has 2 nitrogen and oxygen atoms in total.